The molecule has 12 heavy (non-hydrogen) atoms. The molecule has 0 unspecified atom stereocenters. The van der Waals surface area contributed by atoms with Crippen LogP contribution < -0.4 is 5.32 Å². The van der Waals surface area contributed by atoms with E-state index >= 15 is 0 Å². The van der Waals surface area contributed by atoms with Crippen LogP contribution in [-0.2, 0) is 0 Å². The van der Waals surface area contributed by atoms with E-state index in [4.69, 9.17) is 11.6 Å². The van der Waals surface area contributed by atoms with Gasteiger partial charge in [-0.2, -0.15) is 0 Å². The fourth-order valence-electron chi connectivity index (χ4n) is 0.623. The average Bonchev–Trinajstić information content (AvgIpc) is 1.98. The first kappa shape index (κ1) is 11.2. The van der Waals surface area contributed by atoms with Gasteiger partial charge in [0.25, 0.3) is 0 Å². The second-order valence-corrected chi connectivity index (χ2v) is 2.78. The molecule has 0 rings (SSSR count). The van der Waals surface area contributed by atoms with E-state index in [1.807, 2.05) is 0 Å². The van der Waals surface area contributed by atoms with Crippen molar-refractivity contribution in [1.82, 2.24) is 5.32 Å². The predicted octanol–water partition coefficient (Wildman–Crippen LogP) is 2.58. The molecule has 0 saturated heterocycles. The van der Waals surface area contributed by atoms with Gasteiger partial charge in [-0.1, -0.05) is 6.58 Å². The standard InChI is InChI=1S/C8H12ClFN2/c1-5(2)7(6(3)10)12-8(9)11-4/h3H2,1-2,4H3,(H,11,12). The van der Waals surface area contributed by atoms with Crippen LogP contribution in [0.4, 0.5) is 4.39 Å². The molecule has 0 bridgehead atoms. The first-order chi connectivity index (χ1) is 5.49. The van der Waals surface area contributed by atoms with E-state index in [-0.39, 0.29) is 11.0 Å². The van der Waals surface area contributed by atoms with Crippen molar-refractivity contribution in [2.75, 3.05) is 7.05 Å². The van der Waals surface area contributed by atoms with Crippen molar-refractivity contribution in [3.05, 3.63) is 23.7 Å². The third kappa shape index (κ3) is 3.53. The van der Waals surface area contributed by atoms with E-state index in [0.717, 1.165) is 5.57 Å². The maximum atomic E-state index is 12.7. The number of halogens is 2. The molecule has 0 aliphatic carbocycles. The highest BCUT2D eigenvalue weighted by Gasteiger charge is 2.04. The van der Waals surface area contributed by atoms with Crippen LogP contribution in [0.3, 0.4) is 0 Å². The second kappa shape index (κ2) is 4.93. The van der Waals surface area contributed by atoms with Crippen molar-refractivity contribution in [3.8, 4) is 0 Å². The maximum Gasteiger partial charge on any atom is 0.195 e. The summed E-state index contributed by atoms with van der Waals surface area (Å²) in [6.07, 6.45) is 0. The number of allylic oxidation sites excluding steroid dienone is 2. The van der Waals surface area contributed by atoms with Crippen LogP contribution in [0.1, 0.15) is 13.8 Å². The highest BCUT2D eigenvalue weighted by molar-refractivity contribution is 6.64. The van der Waals surface area contributed by atoms with Gasteiger partial charge in [-0.15, -0.1) is 0 Å². The molecule has 0 atom stereocenters. The van der Waals surface area contributed by atoms with E-state index in [9.17, 15) is 4.39 Å². The van der Waals surface area contributed by atoms with Crippen molar-refractivity contribution in [2.24, 2.45) is 4.99 Å². The lowest BCUT2D eigenvalue weighted by Crippen LogP contribution is -2.18. The highest BCUT2D eigenvalue weighted by atomic mass is 35.5. The lowest BCUT2D eigenvalue weighted by molar-refractivity contribution is 0.642. The van der Waals surface area contributed by atoms with Crippen molar-refractivity contribution in [3.63, 3.8) is 0 Å². The van der Waals surface area contributed by atoms with Crippen LogP contribution in [0.15, 0.2) is 28.7 Å². The number of rotatable bonds is 2. The molecule has 0 aliphatic rings. The normalized spacial score (nSPS) is 10.9. The molecule has 0 fully saturated rings. The molecule has 0 radical (unpaired) electrons. The van der Waals surface area contributed by atoms with Crippen LogP contribution >= 0.6 is 11.6 Å². The summed E-state index contributed by atoms with van der Waals surface area (Å²) in [6, 6.07) is 0. The number of hydrogen-bond donors (Lipinski definition) is 1. The largest absolute Gasteiger partial charge is 0.328 e. The van der Waals surface area contributed by atoms with E-state index in [1.54, 1.807) is 13.8 Å². The second-order valence-electron chi connectivity index (χ2n) is 2.42. The molecule has 0 aliphatic heterocycles. The Morgan fingerprint density at radius 2 is 2.00 bits per heavy atom. The Labute approximate surface area is 76.8 Å². The third-order valence-electron chi connectivity index (χ3n) is 1.20. The minimum Gasteiger partial charge on any atom is -0.328 e. The number of amidine groups is 1. The Kier molecular flexibility index (Phi) is 4.59. The molecule has 0 heterocycles. The Hall–Kier alpha value is -0.830. The molecule has 0 saturated carbocycles. The van der Waals surface area contributed by atoms with Gasteiger partial charge >= 0.3 is 0 Å². The molecular weight excluding hydrogens is 179 g/mol. The van der Waals surface area contributed by atoms with E-state index < -0.39 is 5.83 Å². The molecule has 4 heteroatoms. The van der Waals surface area contributed by atoms with Gasteiger partial charge in [0, 0.05) is 7.05 Å². The molecule has 0 aromatic carbocycles. The minimum atomic E-state index is -0.545. The van der Waals surface area contributed by atoms with Crippen LogP contribution in [0, 0.1) is 0 Å². The lowest BCUT2D eigenvalue weighted by Gasteiger charge is -2.07. The van der Waals surface area contributed by atoms with Crippen molar-refractivity contribution in [1.29, 1.82) is 0 Å². The van der Waals surface area contributed by atoms with Crippen LogP contribution in [0.2, 0.25) is 0 Å². The zero-order valence-electron chi connectivity index (χ0n) is 7.41. The molecule has 2 nitrogen and oxygen atoms in total. The van der Waals surface area contributed by atoms with Gasteiger partial charge in [0.05, 0.1) is 5.70 Å². The highest BCUT2D eigenvalue weighted by Crippen LogP contribution is 2.11. The lowest BCUT2D eigenvalue weighted by atomic mass is 10.2. The number of aliphatic imine (C=N–C) groups is 1. The third-order valence-corrected chi connectivity index (χ3v) is 1.46. The van der Waals surface area contributed by atoms with E-state index in [0.29, 0.717) is 0 Å². The van der Waals surface area contributed by atoms with Crippen LogP contribution in [-0.4, -0.2) is 12.3 Å². The smallest absolute Gasteiger partial charge is 0.195 e. The van der Waals surface area contributed by atoms with Gasteiger partial charge in [0.2, 0.25) is 0 Å². The summed E-state index contributed by atoms with van der Waals surface area (Å²) < 4.78 is 12.7. The van der Waals surface area contributed by atoms with Gasteiger partial charge in [-0.25, -0.2) is 4.39 Å². The van der Waals surface area contributed by atoms with Crippen molar-refractivity contribution in [2.45, 2.75) is 13.8 Å². The van der Waals surface area contributed by atoms with Crippen molar-refractivity contribution >= 4 is 16.9 Å². The summed E-state index contributed by atoms with van der Waals surface area (Å²) >= 11 is 5.55. The molecule has 0 aromatic heterocycles. The molecule has 68 valence electrons. The van der Waals surface area contributed by atoms with E-state index in [2.05, 4.69) is 16.9 Å². The van der Waals surface area contributed by atoms with Gasteiger partial charge in [-0.3, -0.25) is 4.99 Å². The number of nitrogens with zero attached hydrogens (tertiary/aromatic N) is 1. The fourth-order valence-corrected chi connectivity index (χ4v) is 0.718. The summed E-state index contributed by atoms with van der Waals surface area (Å²) in [5.41, 5.74) is 1.05. The fraction of sp³-hybridized carbons (Fsp3) is 0.375. The maximum absolute atomic E-state index is 12.7. The first-order valence-electron chi connectivity index (χ1n) is 3.40. The summed E-state index contributed by atoms with van der Waals surface area (Å²) in [6.45, 7) is 6.68. The zero-order valence-corrected chi connectivity index (χ0v) is 8.17. The Morgan fingerprint density at radius 1 is 1.50 bits per heavy atom. The molecular formula is C8H12ClFN2. The first-order valence-corrected chi connectivity index (χ1v) is 3.78. The summed E-state index contributed by atoms with van der Waals surface area (Å²) in [5.74, 6) is -0.545. The Balaban J connectivity index is 4.60. The average molecular weight is 191 g/mol. The molecule has 1 N–H and O–H groups in total. The van der Waals surface area contributed by atoms with Gasteiger partial charge < -0.3 is 5.32 Å². The van der Waals surface area contributed by atoms with Crippen molar-refractivity contribution < 1.29 is 4.39 Å². The summed E-state index contributed by atoms with van der Waals surface area (Å²) in [4.78, 5) is 3.62. The Morgan fingerprint density at radius 3 is 2.25 bits per heavy atom. The van der Waals surface area contributed by atoms with Gasteiger partial charge in [0.1, 0.15) is 5.83 Å². The van der Waals surface area contributed by atoms with Gasteiger partial charge in [0.15, 0.2) is 5.29 Å². The van der Waals surface area contributed by atoms with Crippen LogP contribution in [0.25, 0.3) is 0 Å². The zero-order chi connectivity index (χ0) is 9.72. The van der Waals surface area contributed by atoms with E-state index in [1.165, 1.54) is 7.05 Å². The predicted molar refractivity (Wildman–Crippen MR) is 51.0 cm³/mol. The SMILES string of the molecule is C=C(F)C(NC(Cl)=NC)=C(C)C. The molecule has 0 spiro atoms. The Bertz CT molecular complexity index is 239. The minimum absolute atomic E-state index is 0.144. The summed E-state index contributed by atoms with van der Waals surface area (Å²) in [5, 5.41) is 2.73. The monoisotopic (exact) mass is 190 g/mol. The molecule has 0 aromatic rings. The van der Waals surface area contributed by atoms with Crippen LogP contribution in [0.5, 0.6) is 0 Å². The summed E-state index contributed by atoms with van der Waals surface area (Å²) in [7, 11) is 1.51. The number of hydrogen-bond acceptors (Lipinski definition) is 1. The molecule has 0 amide bonds. The topological polar surface area (TPSA) is 24.4 Å². The van der Waals surface area contributed by atoms with Gasteiger partial charge in [-0.05, 0) is 31.0 Å². The number of nitrogens with one attached hydrogen (secondary N) is 1. The quantitative estimate of drug-likeness (QED) is 0.308.